The maximum absolute atomic E-state index is 12.9. The number of carbonyl (C=O) groups is 1. The Hall–Kier alpha value is -0.810. The molecule has 0 saturated carbocycles. The number of amides is 1. The van der Waals surface area contributed by atoms with Gasteiger partial charge in [0.25, 0.3) is 5.91 Å². The van der Waals surface area contributed by atoms with Crippen molar-refractivity contribution in [1.82, 2.24) is 4.90 Å². The van der Waals surface area contributed by atoms with Crippen LogP contribution in [0.15, 0.2) is 0 Å². The highest BCUT2D eigenvalue weighted by Crippen LogP contribution is 2.39. The van der Waals surface area contributed by atoms with E-state index in [-0.39, 0.29) is 18.5 Å². The van der Waals surface area contributed by atoms with Gasteiger partial charge in [-0.05, 0) is 18.3 Å². The Balaban J connectivity index is 2.66. The van der Waals surface area contributed by atoms with Gasteiger partial charge < -0.3 is 4.90 Å². The second kappa shape index (κ2) is 5.45. The van der Waals surface area contributed by atoms with Gasteiger partial charge in [0.15, 0.2) is 0 Å². The highest BCUT2D eigenvalue weighted by molar-refractivity contribution is 5.84. The summed E-state index contributed by atoms with van der Waals surface area (Å²) in [5.74, 6) is -6.29. The van der Waals surface area contributed by atoms with Crippen molar-refractivity contribution in [3.05, 3.63) is 0 Å². The second-order valence-corrected chi connectivity index (χ2v) is 4.92. The van der Waals surface area contributed by atoms with E-state index in [1.807, 2.05) is 13.8 Å². The third-order valence-electron chi connectivity index (χ3n) is 4.17. The van der Waals surface area contributed by atoms with Crippen LogP contribution in [0.1, 0.15) is 39.5 Å². The van der Waals surface area contributed by atoms with Crippen LogP contribution in [0.3, 0.4) is 0 Å². The normalized spacial score (nSPS) is 20.3. The Labute approximate surface area is 104 Å². The fourth-order valence-corrected chi connectivity index (χ4v) is 2.45. The average molecular weight is 269 g/mol. The fraction of sp³-hybridized carbons (Fsp3) is 0.917. The Morgan fingerprint density at radius 3 is 2.00 bits per heavy atom. The van der Waals surface area contributed by atoms with Gasteiger partial charge in [-0.1, -0.05) is 26.7 Å². The summed E-state index contributed by atoms with van der Waals surface area (Å²) in [5.41, 5.74) is 0.0664. The van der Waals surface area contributed by atoms with Gasteiger partial charge in [0.2, 0.25) is 0 Å². The van der Waals surface area contributed by atoms with Crippen molar-refractivity contribution >= 4 is 5.91 Å². The van der Waals surface area contributed by atoms with E-state index < -0.39 is 18.3 Å². The molecule has 0 aliphatic carbocycles. The number of halogens is 4. The highest BCUT2D eigenvalue weighted by Gasteiger charge is 2.52. The number of rotatable bonds is 4. The van der Waals surface area contributed by atoms with E-state index in [1.54, 1.807) is 0 Å². The number of carbonyl (C=O) groups excluding carboxylic acids is 1. The molecule has 0 unspecified atom stereocenters. The molecule has 0 N–H and O–H groups in total. The predicted molar refractivity (Wildman–Crippen MR) is 59.8 cm³/mol. The lowest BCUT2D eigenvalue weighted by Crippen LogP contribution is -2.51. The van der Waals surface area contributed by atoms with Crippen molar-refractivity contribution in [2.24, 2.45) is 5.41 Å². The molecule has 1 amide bonds. The predicted octanol–water partition coefficient (Wildman–Crippen LogP) is 3.32. The standard InChI is InChI=1S/C12H19F4NO/c1-3-11(4-2)5-7-17(8-6-11)10(18)12(15,16)9(13)14/h9H,3-8H2,1-2H3. The monoisotopic (exact) mass is 269 g/mol. The van der Waals surface area contributed by atoms with Crippen LogP contribution in [0.5, 0.6) is 0 Å². The van der Waals surface area contributed by atoms with Gasteiger partial charge in [-0.15, -0.1) is 0 Å². The summed E-state index contributed by atoms with van der Waals surface area (Å²) < 4.78 is 50.1. The molecule has 6 heteroatoms. The first-order chi connectivity index (χ1) is 8.29. The van der Waals surface area contributed by atoms with E-state index in [4.69, 9.17) is 0 Å². The van der Waals surface area contributed by atoms with Crippen LogP contribution in [0, 0.1) is 5.41 Å². The first-order valence-corrected chi connectivity index (χ1v) is 6.24. The fourth-order valence-electron chi connectivity index (χ4n) is 2.45. The van der Waals surface area contributed by atoms with Crippen molar-refractivity contribution in [2.75, 3.05) is 13.1 Å². The SMILES string of the molecule is CCC1(CC)CCN(C(=O)C(F)(F)C(F)F)CC1. The lowest BCUT2D eigenvalue weighted by Gasteiger charge is -2.41. The van der Waals surface area contributed by atoms with E-state index >= 15 is 0 Å². The number of piperidine rings is 1. The van der Waals surface area contributed by atoms with Crippen molar-refractivity contribution in [1.29, 1.82) is 0 Å². The van der Waals surface area contributed by atoms with Crippen molar-refractivity contribution < 1.29 is 22.4 Å². The smallest absolute Gasteiger partial charge is 0.337 e. The van der Waals surface area contributed by atoms with Gasteiger partial charge in [0, 0.05) is 13.1 Å². The van der Waals surface area contributed by atoms with Gasteiger partial charge in [0.1, 0.15) is 0 Å². The maximum Gasteiger partial charge on any atom is 0.383 e. The summed E-state index contributed by atoms with van der Waals surface area (Å²) in [6.07, 6.45) is -0.905. The topological polar surface area (TPSA) is 20.3 Å². The lowest BCUT2D eigenvalue weighted by molar-refractivity contribution is -0.182. The Morgan fingerprint density at radius 2 is 1.67 bits per heavy atom. The summed E-state index contributed by atoms with van der Waals surface area (Å²) in [5, 5.41) is 0. The van der Waals surface area contributed by atoms with Gasteiger partial charge >= 0.3 is 12.3 Å². The molecule has 0 radical (unpaired) electrons. The van der Waals surface area contributed by atoms with Crippen LogP contribution in [0.4, 0.5) is 17.6 Å². The molecule has 0 bridgehead atoms. The number of hydrogen-bond acceptors (Lipinski definition) is 1. The molecule has 1 heterocycles. The zero-order valence-corrected chi connectivity index (χ0v) is 10.7. The van der Waals surface area contributed by atoms with Crippen LogP contribution in [0.25, 0.3) is 0 Å². The molecule has 1 saturated heterocycles. The average Bonchev–Trinajstić information content (AvgIpc) is 2.37. The van der Waals surface area contributed by atoms with Gasteiger partial charge in [-0.2, -0.15) is 8.78 Å². The quantitative estimate of drug-likeness (QED) is 0.717. The minimum Gasteiger partial charge on any atom is -0.337 e. The molecule has 0 aromatic carbocycles. The van der Waals surface area contributed by atoms with Crippen LogP contribution < -0.4 is 0 Å². The number of hydrogen-bond donors (Lipinski definition) is 0. The summed E-state index contributed by atoms with van der Waals surface area (Å²) >= 11 is 0. The summed E-state index contributed by atoms with van der Waals surface area (Å²) in [7, 11) is 0. The minimum absolute atomic E-state index is 0.0664. The molecule has 106 valence electrons. The Morgan fingerprint density at radius 1 is 1.22 bits per heavy atom. The summed E-state index contributed by atoms with van der Waals surface area (Å²) in [4.78, 5) is 12.2. The lowest BCUT2D eigenvalue weighted by atomic mass is 9.74. The zero-order chi connectivity index (χ0) is 14.0. The molecule has 1 aliphatic rings. The van der Waals surface area contributed by atoms with Crippen LogP contribution in [-0.2, 0) is 4.79 Å². The van der Waals surface area contributed by atoms with E-state index in [9.17, 15) is 22.4 Å². The Kier molecular flexibility index (Phi) is 4.61. The highest BCUT2D eigenvalue weighted by atomic mass is 19.3. The third kappa shape index (κ3) is 2.78. The summed E-state index contributed by atoms with van der Waals surface area (Å²) in [6.45, 7) is 4.33. The second-order valence-electron chi connectivity index (χ2n) is 4.92. The van der Waals surface area contributed by atoms with Crippen LogP contribution in [-0.4, -0.2) is 36.2 Å². The summed E-state index contributed by atoms with van der Waals surface area (Å²) in [6, 6.07) is 0. The largest absolute Gasteiger partial charge is 0.383 e. The zero-order valence-electron chi connectivity index (χ0n) is 10.7. The maximum atomic E-state index is 12.9. The van der Waals surface area contributed by atoms with Crippen LogP contribution >= 0.6 is 0 Å². The molecule has 1 fully saturated rings. The van der Waals surface area contributed by atoms with Crippen molar-refractivity contribution in [3.63, 3.8) is 0 Å². The number of likely N-dealkylation sites (tertiary alicyclic amines) is 1. The van der Waals surface area contributed by atoms with Gasteiger partial charge in [-0.25, -0.2) is 8.78 Å². The number of nitrogens with zero attached hydrogens (tertiary/aromatic N) is 1. The molecule has 0 aromatic heterocycles. The first kappa shape index (κ1) is 15.2. The van der Waals surface area contributed by atoms with Gasteiger partial charge in [-0.3, -0.25) is 4.79 Å². The molecule has 0 atom stereocenters. The van der Waals surface area contributed by atoms with Crippen molar-refractivity contribution in [3.8, 4) is 0 Å². The molecule has 1 rings (SSSR count). The van der Waals surface area contributed by atoms with E-state index in [2.05, 4.69) is 0 Å². The molecule has 0 spiro atoms. The van der Waals surface area contributed by atoms with Gasteiger partial charge in [0.05, 0.1) is 0 Å². The molecule has 1 aliphatic heterocycles. The molecule has 2 nitrogen and oxygen atoms in total. The molecule has 18 heavy (non-hydrogen) atoms. The van der Waals surface area contributed by atoms with Crippen molar-refractivity contribution in [2.45, 2.75) is 51.9 Å². The molecule has 0 aromatic rings. The third-order valence-corrected chi connectivity index (χ3v) is 4.17. The van der Waals surface area contributed by atoms with E-state index in [1.165, 1.54) is 0 Å². The van der Waals surface area contributed by atoms with Crippen LogP contribution in [0.2, 0.25) is 0 Å². The minimum atomic E-state index is -4.56. The Bertz CT molecular complexity index is 292. The van der Waals surface area contributed by atoms with E-state index in [0.29, 0.717) is 12.8 Å². The molecular formula is C12H19F4NO. The number of alkyl halides is 4. The molecular weight excluding hydrogens is 250 g/mol. The van der Waals surface area contributed by atoms with E-state index in [0.717, 1.165) is 17.7 Å². The first-order valence-electron chi connectivity index (χ1n) is 6.24.